The maximum atomic E-state index is 12.8. The van der Waals surface area contributed by atoms with Crippen LogP contribution in [0.25, 0.3) is 6.08 Å². The molecule has 3 aromatic rings. The molecule has 0 spiro atoms. The predicted molar refractivity (Wildman–Crippen MR) is 146 cm³/mol. The lowest BCUT2D eigenvalue weighted by Crippen LogP contribution is -2.32. The monoisotopic (exact) mass is 607 g/mol. The lowest BCUT2D eigenvalue weighted by molar-refractivity contribution is -0.123. The van der Waals surface area contributed by atoms with E-state index in [1.54, 1.807) is 43.5 Å². The first kappa shape index (κ1) is 26.4. The van der Waals surface area contributed by atoms with Gasteiger partial charge in [0.25, 0.3) is 11.1 Å². The molecule has 10 heteroatoms. The molecule has 186 valence electrons. The summed E-state index contributed by atoms with van der Waals surface area (Å²) in [4.78, 5) is 26.8. The van der Waals surface area contributed by atoms with Crippen LogP contribution in [0.15, 0.2) is 70.0 Å². The van der Waals surface area contributed by atoms with Crippen molar-refractivity contribution in [1.29, 1.82) is 0 Å². The molecule has 0 N–H and O–H groups in total. The molecule has 2 amide bonds. The number of carbonyl (C=O) groups is 2. The van der Waals surface area contributed by atoms with E-state index in [4.69, 9.17) is 37.4 Å². The summed E-state index contributed by atoms with van der Waals surface area (Å²) < 4.78 is 17.5. The molecule has 0 saturated carbocycles. The van der Waals surface area contributed by atoms with Crippen LogP contribution in [0.3, 0.4) is 0 Å². The van der Waals surface area contributed by atoms with Gasteiger partial charge in [-0.2, -0.15) is 0 Å². The van der Waals surface area contributed by atoms with Gasteiger partial charge in [-0.3, -0.25) is 14.5 Å². The molecule has 1 aliphatic heterocycles. The largest absolute Gasteiger partial charge is 0.493 e. The van der Waals surface area contributed by atoms with E-state index in [2.05, 4.69) is 15.9 Å². The Morgan fingerprint density at radius 1 is 0.972 bits per heavy atom. The highest BCUT2D eigenvalue weighted by Gasteiger charge is 2.34. The Hall–Kier alpha value is -2.65. The number of halogens is 3. The van der Waals surface area contributed by atoms with E-state index in [9.17, 15) is 9.59 Å². The third kappa shape index (κ3) is 6.37. The number of nitrogens with zero attached hydrogens (tertiary/aromatic N) is 1. The Bertz CT molecular complexity index is 1330. The highest BCUT2D eigenvalue weighted by Crippen LogP contribution is 2.34. The molecule has 0 aromatic heterocycles. The number of hydrogen-bond acceptors (Lipinski definition) is 6. The molecule has 6 nitrogen and oxygen atoms in total. The summed E-state index contributed by atoms with van der Waals surface area (Å²) in [5.74, 6) is 1.39. The van der Waals surface area contributed by atoms with Crippen molar-refractivity contribution >= 4 is 68.1 Å². The number of benzene rings is 3. The molecular weight excluding hydrogens is 589 g/mol. The zero-order chi connectivity index (χ0) is 25.7. The fourth-order valence-corrected chi connectivity index (χ4v) is 5.19. The summed E-state index contributed by atoms with van der Waals surface area (Å²) in [6.45, 7) is 0.550. The van der Waals surface area contributed by atoms with Crippen LogP contribution in [-0.4, -0.2) is 36.3 Å². The van der Waals surface area contributed by atoms with Gasteiger partial charge in [0.1, 0.15) is 19.0 Å². The van der Waals surface area contributed by atoms with Gasteiger partial charge < -0.3 is 14.2 Å². The molecule has 0 aliphatic carbocycles. The summed E-state index contributed by atoms with van der Waals surface area (Å²) >= 11 is 16.5. The lowest BCUT2D eigenvalue weighted by Gasteiger charge is -2.14. The third-order valence-electron chi connectivity index (χ3n) is 5.17. The van der Waals surface area contributed by atoms with E-state index in [0.717, 1.165) is 22.9 Å². The van der Waals surface area contributed by atoms with Crippen molar-refractivity contribution in [2.45, 2.75) is 6.61 Å². The lowest BCUT2D eigenvalue weighted by atomic mass is 10.2. The minimum absolute atomic E-state index is 0.129. The van der Waals surface area contributed by atoms with E-state index >= 15 is 0 Å². The van der Waals surface area contributed by atoms with Gasteiger partial charge in [0.15, 0.2) is 11.5 Å². The third-order valence-corrected chi connectivity index (χ3v) is 7.28. The van der Waals surface area contributed by atoms with Gasteiger partial charge in [0, 0.05) is 15.6 Å². The van der Waals surface area contributed by atoms with Crippen LogP contribution in [0.1, 0.15) is 11.1 Å². The molecule has 1 fully saturated rings. The maximum absolute atomic E-state index is 12.8. The average molecular weight is 609 g/mol. The first-order valence-corrected chi connectivity index (χ1v) is 13.1. The summed E-state index contributed by atoms with van der Waals surface area (Å²) in [7, 11) is 1.55. The van der Waals surface area contributed by atoms with Crippen LogP contribution in [0.4, 0.5) is 4.79 Å². The second kappa shape index (κ2) is 12.1. The zero-order valence-electron chi connectivity index (χ0n) is 19.0. The molecular formula is C26H20BrCl2NO5S. The van der Waals surface area contributed by atoms with E-state index < -0.39 is 0 Å². The summed E-state index contributed by atoms with van der Waals surface area (Å²) in [5.41, 5.74) is 1.55. The van der Waals surface area contributed by atoms with Crippen molar-refractivity contribution in [2.24, 2.45) is 0 Å². The summed E-state index contributed by atoms with van der Waals surface area (Å²) in [5, 5.41) is 0.746. The Morgan fingerprint density at radius 3 is 2.47 bits per heavy atom. The Kier molecular flexibility index (Phi) is 8.85. The van der Waals surface area contributed by atoms with Gasteiger partial charge in [0.2, 0.25) is 0 Å². The van der Waals surface area contributed by atoms with Crippen LogP contribution >= 0.6 is 50.9 Å². The van der Waals surface area contributed by atoms with Crippen molar-refractivity contribution in [3.05, 3.63) is 91.2 Å². The van der Waals surface area contributed by atoms with E-state index in [-0.39, 0.29) is 30.9 Å². The number of para-hydroxylation sites is 2. The minimum Gasteiger partial charge on any atom is -0.493 e. The second-order valence-electron chi connectivity index (χ2n) is 7.55. The van der Waals surface area contributed by atoms with Crippen LogP contribution < -0.4 is 14.2 Å². The maximum Gasteiger partial charge on any atom is 0.293 e. The zero-order valence-corrected chi connectivity index (χ0v) is 22.9. The fourth-order valence-electron chi connectivity index (χ4n) is 3.35. The van der Waals surface area contributed by atoms with Crippen LogP contribution in [0.5, 0.6) is 17.2 Å². The second-order valence-corrected chi connectivity index (χ2v) is 10.2. The molecule has 0 radical (unpaired) electrons. The Labute approximate surface area is 231 Å². The molecule has 0 bridgehead atoms. The summed E-state index contributed by atoms with van der Waals surface area (Å²) in [6.07, 6.45) is 1.68. The molecule has 0 unspecified atom stereocenters. The molecule has 0 atom stereocenters. The average Bonchev–Trinajstić information content (AvgIpc) is 3.12. The number of thioether (sulfide) groups is 1. The van der Waals surface area contributed by atoms with Gasteiger partial charge in [-0.1, -0.05) is 47.5 Å². The quantitative estimate of drug-likeness (QED) is 0.235. The first-order chi connectivity index (χ1) is 17.4. The topological polar surface area (TPSA) is 65.1 Å². The van der Waals surface area contributed by atoms with E-state index in [1.807, 2.05) is 30.3 Å². The van der Waals surface area contributed by atoms with E-state index in [0.29, 0.717) is 36.7 Å². The van der Waals surface area contributed by atoms with Crippen molar-refractivity contribution in [2.75, 3.05) is 20.3 Å². The van der Waals surface area contributed by atoms with Gasteiger partial charge in [-0.15, -0.1) is 0 Å². The van der Waals surface area contributed by atoms with E-state index in [1.165, 1.54) is 4.90 Å². The first-order valence-electron chi connectivity index (χ1n) is 10.7. The standard InChI is InChI=1S/C26H20BrCl2NO5S/c1-33-22-4-2-3-5-23(22)34-11-10-30-25(31)24(36-26(30)32)13-16-6-9-21(19(27)12-16)35-15-17-7-8-18(28)14-20(17)29/h2-9,12-14H,10-11,15H2,1H3/b24-13-. The van der Waals surface area contributed by atoms with Crippen LogP contribution in [0.2, 0.25) is 10.0 Å². The number of hydrogen-bond donors (Lipinski definition) is 0. The smallest absolute Gasteiger partial charge is 0.293 e. The molecule has 1 aliphatic rings. The molecule has 1 heterocycles. The van der Waals surface area contributed by atoms with Crippen molar-refractivity contribution in [3.63, 3.8) is 0 Å². The molecule has 4 rings (SSSR count). The molecule has 1 saturated heterocycles. The highest BCUT2D eigenvalue weighted by atomic mass is 79.9. The van der Waals surface area contributed by atoms with Gasteiger partial charge in [-0.25, -0.2) is 0 Å². The Morgan fingerprint density at radius 2 is 1.75 bits per heavy atom. The van der Waals surface area contributed by atoms with Gasteiger partial charge in [-0.05, 0) is 75.7 Å². The number of carbonyl (C=O) groups excluding carboxylic acids is 2. The van der Waals surface area contributed by atoms with Crippen molar-refractivity contribution < 1.29 is 23.8 Å². The van der Waals surface area contributed by atoms with Crippen LogP contribution in [0, 0.1) is 0 Å². The minimum atomic E-state index is -0.359. The fraction of sp³-hybridized carbons (Fsp3) is 0.154. The number of ether oxygens (including phenoxy) is 3. The van der Waals surface area contributed by atoms with Crippen LogP contribution in [-0.2, 0) is 11.4 Å². The Balaban J connectivity index is 1.37. The number of amides is 2. The summed E-state index contributed by atoms with van der Waals surface area (Å²) in [6, 6.07) is 17.8. The van der Waals surface area contributed by atoms with Gasteiger partial charge in [0.05, 0.1) is 23.0 Å². The van der Waals surface area contributed by atoms with Gasteiger partial charge >= 0.3 is 0 Å². The normalized spacial score (nSPS) is 14.4. The number of imide groups is 1. The molecule has 36 heavy (non-hydrogen) atoms. The predicted octanol–water partition coefficient (Wildman–Crippen LogP) is 7.46. The van der Waals surface area contributed by atoms with Crippen molar-refractivity contribution in [1.82, 2.24) is 4.90 Å². The van der Waals surface area contributed by atoms with Crippen molar-refractivity contribution in [3.8, 4) is 17.2 Å². The highest BCUT2D eigenvalue weighted by molar-refractivity contribution is 9.10. The number of methoxy groups -OCH3 is 1. The number of rotatable bonds is 9. The molecule has 3 aromatic carbocycles. The SMILES string of the molecule is COc1ccccc1OCCN1C(=O)S/C(=C\c2ccc(OCc3ccc(Cl)cc3Cl)c(Br)c2)C1=O.